The quantitative estimate of drug-likeness (QED) is 0.173. The second kappa shape index (κ2) is 14.1. The first-order valence-corrected chi connectivity index (χ1v) is 15.6. The fraction of sp³-hybridized carbons (Fsp3) is 0. The van der Waals surface area contributed by atoms with Crippen molar-refractivity contribution in [1.82, 2.24) is 39.9 Å². The number of aromatic nitrogens is 8. The molecule has 7 aromatic rings. The molecule has 0 amide bonds. The minimum Gasteiger partial charge on any atom is -0.354 e. The Bertz CT molecular complexity index is 2200. The van der Waals surface area contributed by atoms with Crippen LogP contribution in [0.15, 0.2) is 122 Å². The number of hydrogen-bond donors (Lipinski definition) is 2. The van der Waals surface area contributed by atoms with Gasteiger partial charge in [0.25, 0.3) is 0 Å². The van der Waals surface area contributed by atoms with Gasteiger partial charge in [0.15, 0.2) is 0 Å². The van der Waals surface area contributed by atoms with Gasteiger partial charge in [-0.25, -0.2) is 9.97 Å². The van der Waals surface area contributed by atoms with E-state index in [1.165, 1.54) is 0 Å². The second-order valence-electron chi connectivity index (χ2n) is 11.4. The molecule has 8 nitrogen and oxygen atoms in total. The molecule has 9 rings (SSSR count). The van der Waals surface area contributed by atoms with Crippen molar-refractivity contribution in [3.8, 4) is 45.0 Å². The van der Waals surface area contributed by atoms with Gasteiger partial charge < -0.3 is 9.97 Å². The van der Waals surface area contributed by atoms with Gasteiger partial charge in [0.1, 0.15) is 0 Å². The van der Waals surface area contributed by atoms with Crippen LogP contribution in [0.3, 0.4) is 0 Å². The van der Waals surface area contributed by atoms with E-state index in [1.807, 2.05) is 97.1 Å². The average Bonchev–Trinajstić information content (AvgIpc) is 3.98. The summed E-state index contributed by atoms with van der Waals surface area (Å²) >= 11 is 0. The maximum atomic E-state index is 5.24. The molecule has 0 saturated carbocycles. The van der Waals surface area contributed by atoms with Gasteiger partial charge in [-0.15, -0.1) is 0 Å². The third kappa shape index (κ3) is 5.98. The van der Waals surface area contributed by atoms with Crippen LogP contribution in [-0.2, 0) is 39.0 Å². The molecule has 0 saturated heterocycles. The van der Waals surface area contributed by atoms with Crippen molar-refractivity contribution in [3.05, 3.63) is 145 Å². The first-order chi connectivity index (χ1) is 23.8. The number of rotatable bonds is 4. The Hall–Kier alpha value is -5.55. The van der Waals surface area contributed by atoms with Crippen LogP contribution in [0.5, 0.6) is 0 Å². The topological polar surface area (TPSA) is 109 Å². The van der Waals surface area contributed by atoms with E-state index in [0.29, 0.717) is 0 Å². The number of nitrogens with zero attached hydrogens (tertiary/aromatic N) is 6. The van der Waals surface area contributed by atoms with E-state index < -0.39 is 0 Å². The third-order valence-electron chi connectivity index (χ3n) is 8.44. The predicted molar refractivity (Wildman–Crippen MR) is 192 cm³/mol. The van der Waals surface area contributed by atoms with Gasteiger partial charge in [-0.05, 0) is 97.1 Å². The minimum atomic E-state index is 0. The predicted octanol–water partition coefficient (Wildman–Crippen LogP) is 8.90. The van der Waals surface area contributed by atoms with Gasteiger partial charge in [-0.1, -0.05) is 24.3 Å². The Morgan fingerprint density at radius 1 is 0.340 bits per heavy atom. The van der Waals surface area contributed by atoms with Crippen LogP contribution in [0, 0.1) is 0 Å². The maximum Gasteiger partial charge on any atom is 0.0753 e. The number of aromatic amines is 2. The number of hydrogen-bond acceptors (Lipinski definition) is 6. The van der Waals surface area contributed by atoms with Crippen molar-refractivity contribution in [1.29, 1.82) is 0 Å². The van der Waals surface area contributed by atoms with Crippen LogP contribution in [0.25, 0.3) is 91.4 Å². The van der Waals surface area contributed by atoms with Crippen molar-refractivity contribution in [2.45, 2.75) is 0 Å². The van der Waals surface area contributed by atoms with Gasteiger partial charge >= 0.3 is 0 Å². The molecule has 0 unspecified atom stereocenters. The van der Waals surface area contributed by atoms with Crippen molar-refractivity contribution in [2.24, 2.45) is 0 Å². The van der Waals surface area contributed by atoms with Crippen LogP contribution < -0.4 is 0 Å². The first kappa shape index (κ1) is 33.0. The van der Waals surface area contributed by atoms with Gasteiger partial charge in [0.05, 0.1) is 67.6 Å². The summed E-state index contributed by atoms with van der Waals surface area (Å²) in [7, 11) is 0. The zero-order chi connectivity index (χ0) is 31.9. The SMILES string of the molecule is C1=Cc2nc1c(-c1ccccn1)c1ccc([nH]1)c(-c1ccccn1)c1nc(c(-c3ccccn3)c3ccc([nH]3)c2-c2ccccn2)C=C1.[Ru].[Zn]. The molecule has 10 heteroatoms. The molecule has 0 fully saturated rings. The molecule has 0 radical (unpaired) electrons. The fourth-order valence-electron chi connectivity index (χ4n) is 6.33. The Kier molecular flexibility index (Phi) is 9.31. The van der Waals surface area contributed by atoms with E-state index in [1.54, 1.807) is 24.8 Å². The van der Waals surface area contributed by atoms with Gasteiger partial charge in [-0.3, -0.25) is 19.9 Å². The Morgan fingerprint density at radius 2 is 0.600 bits per heavy atom. The van der Waals surface area contributed by atoms with Crippen LogP contribution in [0.1, 0.15) is 22.8 Å². The Morgan fingerprint density at radius 3 is 0.820 bits per heavy atom. The number of fused-ring (bicyclic) bond motifs is 8. The molecule has 0 aliphatic carbocycles. The summed E-state index contributed by atoms with van der Waals surface area (Å²) in [5.41, 5.74) is 13.4. The van der Waals surface area contributed by atoms with Crippen molar-refractivity contribution in [2.75, 3.05) is 0 Å². The van der Waals surface area contributed by atoms with Gasteiger partial charge in [0, 0.05) is 86.0 Å². The zero-order valence-corrected chi connectivity index (χ0v) is 31.3. The number of pyridine rings is 4. The molecule has 8 bridgehead atoms. The van der Waals surface area contributed by atoms with Gasteiger partial charge in [-0.2, -0.15) is 0 Å². The number of nitrogens with one attached hydrogen (secondary N) is 2. The number of H-pyrrole nitrogens is 2. The molecule has 0 atom stereocenters. The summed E-state index contributed by atoms with van der Waals surface area (Å²) in [5.74, 6) is 0. The largest absolute Gasteiger partial charge is 0.354 e. The smallest absolute Gasteiger partial charge is 0.0753 e. The summed E-state index contributed by atoms with van der Waals surface area (Å²) < 4.78 is 0. The van der Waals surface area contributed by atoms with E-state index in [4.69, 9.17) is 29.9 Å². The van der Waals surface area contributed by atoms with E-state index in [-0.39, 0.29) is 39.0 Å². The maximum absolute atomic E-state index is 5.24. The molecule has 9 heterocycles. The van der Waals surface area contributed by atoms with E-state index in [9.17, 15) is 0 Å². The van der Waals surface area contributed by atoms with E-state index in [2.05, 4.69) is 34.2 Å². The summed E-state index contributed by atoms with van der Waals surface area (Å²) in [4.78, 5) is 36.9. The van der Waals surface area contributed by atoms with Gasteiger partial charge in [0.2, 0.25) is 0 Å². The Labute approximate surface area is 313 Å². The van der Waals surface area contributed by atoms with Crippen molar-refractivity contribution >= 4 is 46.4 Å². The molecule has 0 spiro atoms. The Balaban J connectivity index is 0.00000196. The minimum absolute atomic E-state index is 0. The third-order valence-corrected chi connectivity index (χ3v) is 8.44. The fourth-order valence-corrected chi connectivity index (χ4v) is 6.33. The molecular weight excluding hydrogens is 759 g/mol. The van der Waals surface area contributed by atoms with Crippen LogP contribution in [-0.4, -0.2) is 39.9 Å². The summed E-state index contributed by atoms with van der Waals surface area (Å²) in [6.07, 6.45) is 15.4. The zero-order valence-electron chi connectivity index (χ0n) is 26.6. The molecule has 2 N–H and O–H groups in total. The molecule has 2 aliphatic rings. The summed E-state index contributed by atoms with van der Waals surface area (Å²) in [6, 6.07) is 32.0. The van der Waals surface area contributed by atoms with Crippen molar-refractivity contribution < 1.29 is 39.0 Å². The van der Waals surface area contributed by atoms with Crippen LogP contribution >= 0.6 is 0 Å². The van der Waals surface area contributed by atoms with E-state index >= 15 is 0 Å². The molecule has 236 valence electrons. The molecular formula is C40H26N8RuZn. The standard InChI is InChI=1S/C40H26N8.Ru.Zn/c1-5-21-41-25(9-1)37-29-13-15-31(45-29)38(26-10-2-6-22-42-26)33-17-19-35(47-33)40(28-12-4-8-24-44-28)36-20-18-34(48-36)39(27-11-3-7-23-43-27)32-16-14-30(37)46-32;;/h1-24,45,48H;;. The second-order valence-corrected chi connectivity index (χ2v) is 11.4. The van der Waals surface area contributed by atoms with E-state index in [0.717, 1.165) is 89.9 Å². The first-order valence-electron chi connectivity index (χ1n) is 15.6. The van der Waals surface area contributed by atoms with Crippen molar-refractivity contribution in [3.63, 3.8) is 0 Å². The molecule has 0 aromatic carbocycles. The molecule has 50 heavy (non-hydrogen) atoms. The summed E-state index contributed by atoms with van der Waals surface area (Å²) in [5, 5.41) is 0. The average molecular weight is 785 g/mol. The molecule has 7 aromatic heterocycles. The normalized spacial score (nSPS) is 11.5. The molecule has 2 aliphatic heterocycles. The monoisotopic (exact) mass is 784 g/mol. The van der Waals surface area contributed by atoms with Crippen LogP contribution in [0.2, 0.25) is 0 Å². The van der Waals surface area contributed by atoms with Crippen LogP contribution in [0.4, 0.5) is 0 Å². The summed E-state index contributed by atoms with van der Waals surface area (Å²) in [6.45, 7) is 0.